The molecular formula is C30H33NO3. The highest BCUT2D eigenvalue weighted by molar-refractivity contribution is 5.68. The minimum Gasteiger partial charge on any atom is -0.489 e. The van der Waals surface area contributed by atoms with Gasteiger partial charge in [-0.05, 0) is 59.7 Å². The van der Waals surface area contributed by atoms with Crippen molar-refractivity contribution in [2.75, 3.05) is 13.1 Å². The van der Waals surface area contributed by atoms with Gasteiger partial charge in [0.2, 0.25) is 0 Å². The van der Waals surface area contributed by atoms with Gasteiger partial charge < -0.3 is 9.84 Å². The van der Waals surface area contributed by atoms with E-state index in [4.69, 9.17) is 9.84 Å². The normalized spacial score (nSPS) is 14.6. The standard InChI is InChI=1S/C30H33NO3/c1-2-5-27(20-30(32)33)26-12-14-29(15-13-26)34-22-24-10-8-23(9-11-24)16-18-31-19-17-25-6-3-4-7-28(25)21-31/h2-15,27H,16-22H2,1H3,(H,32,33). The molecule has 1 unspecified atom stereocenters. The van der Waals surface area contributed by atoms with Crippen LogP contribution >= 0.6 is 0 Å². The molecule has 0 spiro atoms. The van der Waals surface area contributed by atoms with Gasteiger partial charge >= 0.3 is 5.97 Å². The van der Waals surface area contributed by atoms with E-state index >= 15 is 0 Å². The summed E-state index contributed by atoms with van der Waals surface area (Å²) in [6.07, 6.45) is 6.10. The average molecular weight is 456 g/mol. The topological polar surface area (TPSA) is 49.8 Å². The lowest BCUT2D eigenvalue weighted by atomic mass is 9.95. The number of allylic oxidation sites excluding steroid dienone is 2. The van der Waals surface area contributed by atoms with Crippen molar-refractivity contribution >= 4 is 5.97 Å². The minimum atomic E-state index is -0.798. The summed E-state index contributed by atoms with van der Waals surface area (Å²) < 4.78 is 5.95. The second-order valence-electron chi connectivity index (χ2n) is 8.95. The lowest BCUT2D eigenvalue weighted by Gasteiger charge is -2.28. The van der Waals surface area contributed by atoms with Gasteiger partial charge in [-0.15, -0.1) is 0 Å². The van der Waals surface area contributed by atoms with Gasteiger partial charge in [-0.25, -0.2) is 0 Å². The Kier molecular flexibility index (Phi) is 8.16. The lowest BCUT2D eigenvalue weighted by molar-refractivity contribution is -0.137. The molecule has 3 aromatic carbocycles. The highest BCUT2D eigenvalue weighted by Crippen LogP contribution is 2.24. The smallest absolute Gasteiger partial charge is 0.304 e. The molecule has 0 saturated heterocycles. The molecule has 0 bridgehead atoms. The molecule has 0 aliphatic carbocycles. The third-order valence-electron chi connectivity index (χ3n) is 6.48. The Balaban J connectivity index is 1.25. The van der Waals surface area contributed by atoms with E-state index in [1.165, 1.54) is 16.7 Å². The number of aliphatic carboxylic acids is 1. The zero-order chi connectivity index (χ0) is 23.8. The molecule has 0 fully saturated rings. The zero-order valence-corrected chi connectivity index (χ0v) is 19.8. The largest absolute Gasteiger partial charge is 0.489 e. The summed E-state index contributed by atoms with van der Waals surface area (Å²) in [6.45, 7) is 5.67. The maximum atomic E-state index is 11.1. The number of fused-ring (bicyclic) bond motifs is 1. The zero-order valence-electron chi connectivity index (χ0n) is 19.8. The number of carboxylic acid groups (broad SMARTS) is 1. The van der Waals surface area contributed by atoms with Crippen LogP contribution in [0.15, 0.2) is 84.9 Å². The number of benzene rings is 3. The molecule has 1 heterocycles. The van der Waals surface area contributed by atoms with Gasteiger partial charge in [0, 0.05) is 25.6 Å². The number of hydrogen-bond acceptors (Lipinski definition) is 3. The Labute approximate surface area is 202 Å². The van der Waals surface area contributed by atoms with Crippen LogP contribution in [-0.2, 0) is 30.8 Å². The molecule has 1 aliphatic heterocycles. The molecule has 1 aliphatic rings. The highest BCUT2D eigenvalue weighted by Gasteiger charge is 2.15. The first-order valence-electron chi connectivity index (χ1n) is 12.0. The third kappa shape index (κ3) is 6.58. The van der Waals surface area contributed by atoms with E-state index in [1.807, 2.05) is 43.3 Å². The van der Waals surface area contributed by atoms with Crippen molar-refractivity contribution < 1.29 is 14.6 Å². The van der Waals surface area contributed by atoms with Crippen molar-refractivity contribution in [2.45, 2.75) is 45.3 Å². The molecule has 0 amide bonds. The van der Waals surface area contributed by atoms with Crippen molar-refractivity contribution in [3.63, 3.8) is 0 Å². The summed E-state index contributed by atoms with van der Waals surface area (Å²) >= 11 is 0. The SMILES string of the molecule is CC=CC(CC(=O)O)c1ccc(OCc2ccc(CCN3CCc4ccccc4C3)cc2)cc1. The van der Waals surface area contributed by atoms with Crippen LogP contribution in [0.25, 0.3) is 0 Å². The summed E-state index contributed by atoms with van der Waals surface area (Å²) in [5.41, 5.74) is 6.43. The van der Waals surface area contributed by atoms with Crippen LogP contribution < -0.4 is 4.74 Å². The summed E-state index contributed by atoms with van der Waals surface area (Å²) in [4.78, 5) is 13.7. The van der Waals surface area contributed by atoms with E-state index in [0.717, 1.165) is 49.4 Å². The fraction of sp³-hybridized carbons (Fsp3) is 0.300. The molecule has 1 atom stereocenters. The van der Waals surface area contributed by atoms with E-state index < -0.39 is 5.97 Å². The molecule has 0 radical (unpaired) electrons. The predicted molar refractivity (Wildman–Crippen MR) is 136 cm³/mol. The molecule has 34 heavy (non-hydrogen) atoms. The first-order valence-corrected chi connectivity index (χ1v) is 12.0. The second kappa shape index (κ2) is 11.7. The molecule has 0 aromatic heterocycles. The number of nitrogens with zero attached hydrogens (tertiary/aromatic N) is 1. The van der Waals surface area contributed by atoms with Crippen molar-refractivity contribution in [1.29, 1.82) is 0 Å². The fourth-order valence-electron chi connectivity index (χ4n) is 4.53. The molecule has 4 heteroatoms. The molecule has 4 nitrogen and oxygen atoms in total. The highest BCUT2D eigenvalue weighted by atomic mass is 16.5. The quantitative estimate of drug-likeness (QED) is 0.381. The van der Waals surface area contributed by atoms with E-state index in [1.54, 1.807) is 0 Å². The monoisotopic (exact) mass is 455 g/mol. The van der Waals surface area contributed by atoms with Gasteiger partial charge in [0.05, 0.1) is 6.42 Å². The average Bonchev–Trinajstić information content (AvgIpc) is 2.86. The summed E-state index contributed by atoms with van der Waals surface area (Å²) in [6, 6.07) is 25.2. The number of rotatable bonds is 10. The predicted octanol–water partition coefficient (Wildman–Crippen LogP) is 6.00. The van der Waals surface area contributed by atoms with Crippen LogP contribution in [0.3, 0.4) is 0 Å². The summed E-state index contributed by atoms with van der Waals surface area (Å²) in [5.74, 6) is -0.135. The Morgan fingerprint density at radius 2 is 1.71 bits per heavy atom. The van der Waals surface area contributed by atoms with Crippen molar-refractivity contribution in [3.05, 3.63) is 113 Å². The lowest BCUT2D eigenvalue weighted by Crippen LogP contribution is -2.32. The Morgan fingerprint density at radius 1 is 1.00 bits per heavy atom. The van der Waals surface area contributed by atoms with Gasteiger partial charge in [0.15, 0.2) is 0 Å². The summed E-state index contributed by atoms with van der Waals surface area (Å²) in [5, 5.41) is 9.13. The van der Waals surface area contributed by atoms with Gasteiger partial charge in [0.25, 0.3) is 0 Å². The maximum Gasteiger partial charge on any atom is 0.304 e. The molecule has 1 N–H and O–H groups in total. The summed E-state index contributed by atoms with van der Waals surface area (Å²) in [7, 11) is 0. The number of carboxylic acids is 1. The maximum absolute atomic E-state index is 11.1. The number of carbonyl (C=O) groups is 1. The van der Waals surface area contributed by atoms with E-state index in [2.05, 4.69) is 53.4 Å². The van der Waals surface area contributed by atoms with Crippen molar-refractivity contribution in [3.8, 4) is 5.75 Å². The molecule has 0 saturated carbocycles. The van der Waals surface area contributed by atoms with Gasteiger partial charge in [0.1, 0.15) is 12.4 Å². The molecular weight excluding hydrogens is 422 g/mol. The molecule has 176 valence electrons. The number of ether oxygens (including phenoxy) is 1. The molecule has 3 aromatic rings. The van der Waals surface area contributed by atoms with Crippen LogP contribution in [0, 0.1) is 0 Å². The second-order valence-corrected chi connectivity index (χ2v) is 8.95. The Morgan fingerprint density at radius 3 is 2.41 bits per heavy atom. The van der Waals surface area contributed by atoms with Gasteiger partial charge in [-0.3, -0.25) is 9.69 Å². The van der Waals surface area contributed by atoms with Crippen LogP contribution in [-0.4, -0.2) is 29.1 Å². The van der Waals surface area contributed by atoms with E-state index in [0.29, 0.717) is 6.61 Å². The Bertz CT molecular complexity index is 1100. The first-order chi connectivity index (χ1) is 16.6. The van der Waals surface area contributed by atoms with Crippen LogP contribution in [0.5, 0.6) is 5.75 Å². The number of hydrogen-bond donors (Lipinski definition) is 1. The van der Waals surface area contributed by atoms with Crippen LogP contribution in [0.2, 0.25) is 0 Å². The van der Waals surface area contributed by atoms with Gasteiger partial charge in [-0.1, -0.05) is 72.8 Å². The van der Waals surface area contributed by atoms with Crippen molar-refractivity contribution in [2.24, 2.45) is 0 Å². The van der Waals surface area contributed by atoms with Gasteiger partial charge in [-0.2, -0.15) is 0 Å². The van der Waals surface area contributed by atoms with E-state index in [9.17, 15) is 4.79 Å². The van der Waals surface area contributed by atoms with E-state index in [-0.39, 0.29) is 12.3 Å². The fourth-order valence-corrected chi connectivity index (χ4v) is 4.53. The van der Waals surface area contributed by atoms with Crippen molar-refractivity contribution in [1.82, 2.24) is 4.90 Å². The third-order valence-corrected chi connectivity index (χ3v) is 6.48. The first kappa shape index (κ1) is 23.8. The van der Waals surface area contributed by atoms with Crippen LogP contribution in [0.4, 0.5) is 0 Å². The van der Waals surface area contributed by atoms with Crippen LogP contribution in [0.1, 0.15) is 47.1 Å². The molecule has 4 rings (SSSR count). The Hall–Kier alpha value is -3.37. The minimum absolute atomic E-state index is 0.0853.